The van der Waals surface area contributed by atoms with Crippen molar-refractivity contribution in [1.29, 1.82) is 0 Å². The number of nitrogens with one attached hydrogen (secondary N) is 1. The summed E-state index contributed by atoms with van der Waals surface area (Å²) >= 11 is 9.85. The van der Waals surface area contributed by atoms with Crippen LogP contribution in [0, 0.1) is 0 Å². The van der Waals surface area contributed by atoms with Crippen molar-refractivity contribution < 1.29 is 13.9 Å². The van der Waals surface area contributed by atoms with Crippen LogP contribution >= 0.6 is 35.1 Å². The summed E-state index contributed by atoms with van der Waals surface area (Å²) in [7, 11) is 0. The van der Waals surface area contributed by atoms with Crippen molar-refractivity contribution in [2.45, 2.75) is 17.1 Å². The van der Waals surface area contributed by atoms with Gasteiger partial charge in [-0.15, -0.1) is 23.5 Å². The topological polar surface area (TPSA) is 78.8 Å². The van der Waals surface area contributed by atoms with Gasteiger partial charge in [-0.05, 0) is 41.8 Å². The van der Waals surface area contributed by atoms with Gasteiger partial charge in [0, 0.05) is 49.3 Å². The Morgan fingerprint density at radius 1 is 1.09 bits per heavy atom. The molecule has 5 rings (SSSR count). The maximum absolute atomic E-state index is 12.5. The molecule has 0 saturated carbocycles. The molecule has 180 valence electrons. The lowest BCUT2D eigenvalue weighted by Crippen LogP contribution is -2.49. The van der Waals surface area contributed by atoms with E-state index in [1.807, 2.05) is 47.8 Å². The van der Waals surface area contributed by atoms with Crippen molar-refractivity contribution in [3.05, 3.63) is 69.2 Å². The van der Waals surface area contributed by atoms with E-state index in [0.29, 0.717) is 23.7 Å². The number of piperazine rings is 1. The molecule has 3 aromatic rings. The lowest BCUT2D eigenvalue weighted by molar-refractivity contribution is 0.0712. The molecule has 1 N–H and O–H groups in total. The van der Waals surface area contributed by atoms with Crippen LogP contribution in [0.3, 0.4) is 0 Å². The fourth-order valence-electron chi connectivity index (χ4n) is 4.37. The zero-order chi connectivity index (χ0) is 23.5. The molecule has 0 aliphatic carbocycles. The number of carbonyl (C=O) groups is 1. The number of ether oxygens (including phenoxy) is 1. The molecule has 0 unspecified atom stereocenters. The minimum absolute atomic E-state index is 0.0430. The number of thioether (sulfide) groups is 2. The molecule has 0 atom stereocenters. The van der Waals surface area contributed by atoms with Crippen LogP contribution in [0.2, 0.25) is 5.02 Å². The van der Waals surface area contributed by atoms with E-state index in [-0.39, 0.29) is 16.8 Å². The molecule has 0 radical (unpaired) electrons. The number of benzene rings is 2. The Bertz CT molecular complexity index is 1200. The summed E-state index contributed by atoms with van der Waals surface area (Å²) in [6, 6.07) is 13.4. The first-order chi connectivity index (χ1) is 16.5. The van der Waals surface area contributed by atoms with E-state index < -0.39 is 5.76 Å². The Hall–Kier alpha value is -2.07. The molecule has 10 heteroatoms. The number of oxazole rings is 1. The number of nitrogens with zero attached hydrogens (tertiary/aromatic N) is 2. The van der Waals surface area contributed by atoms with Crippen molar-refractivity contribution >= 4 is 52.3 Å². The molecular weight excluding hydrogens is 494 g/mol. The highest BCUT2D eigenvalue weighted by Crippen LogP contribution is 2.54. The van der Waals surface area contributed by atoms with Gasteiger partial charge in [0.25, 0.3) is 0 Å². The number of amides is 1. The first kappa shape index (κ1) is 23.7. The monoisotopic (exact) mass is 519 g/mol. The van der Waals surface area contributed by atoms with Gasteiger partial charge in [0.2, 0.25) is 0 Å². The lowest BCUT2D eigenvalue weighted by atomic mass is 10.1. The summed E-state index contributed by atoms with van der Waals surface area (Å²) in [5.74, 6) is 1.79. The second-order valence-corrected chi connectivity index (χ2v) is 11.9. The first-order valence-corrected chi connectivity index (χ1v) is 13.7. The maximum atomic E-state index is 12.5. The average molecular weight is 520 g/mol. The molecule has 2 fully saturated rings. The van der Waals surface area contributed by atoms with Crippen LogP contribution in [0.5, 0.6) is 0 Å². The fraction of sp³-hybridized carbons (Fsp3) is 0.417. The molecule has 0 bridgehead atoms. The zero-order valence-electron chi connectivity index (χ0n) is 18.6. The summed E-state index contributed by atoms with van der Waals surface area (Å²) in [6.45, 7) is 4.17. The van der Waals surface area contributed by atoms with E-state index in [2.05, 4.69) is 16.0 Å². The molecule has 0 spiro atoms. The summed E-state index contributed by atoms with van der Waals surface area (Å²) < 4.78 is 10.7. The Morgan fingerprint density at radius 2 is 1.82 bits per heavy atom. The van der Waals surface area contributed by atoms with Crippen LogP contribution < -0.4 is 5.76 Å². The molecule has 1 aromatic heterocycles. The number of aromatic amines is 1. The van der Waals surface area contributed by atoms with Crippen LogP contribution in [0.15, 0.2) is 51.7 Å². The number of halogens is 1. The summed E-state index contributed by atoms with van der Waals surface area (Å²) in [5, 5.41) is 0.666. The Kier molecular flexibility index (Phi) is 7.15. The Morgan fingerprint density at radius 3 is 2.56 bits per heavy atom. The van der Waals surface area contributed by atoms with Gasteiger partial charge in [0.05, 0.1) is 9.60 Å². The predicted molar refractivity (Wildman–Crippen MR) is 138 cm³/mol. The fourth-order valence-corrected chi connectivity index (χ4v) is 7.71. The largest absolute Gasteiger partial charge is 0.445 e. The van der Waals surface area contributed by atoms with Gasteiger partial charge in [0.15, 0.2) is 5.58 Å². The van der Waals surface area contributed by atoms with Crippen molar-refractivity contribution in [2.24, 2.45) is 0 Å². The standard InChI is InChI=1S/C24H26ClN3O4S2/c25-19-4-1-17(2-5-19)16-31-23(30)28-11-9-27(10-12-28)8-7-24(33-13-14-34-24)18-3-6-20-21(15-18)32-22(29)26-20/h1-6,15H,7-14,16H2,(H,26,29). The highest BCUT2D eigenvalue weighted by Gasteiger charge is 2.38. The summed E-state index contributed by atoms with van der Waals surface area (Å²) in [6.07, 6.45) is 0.720. The van der Waals surface area contributed by atoms with Gasteiger partial charge in [-0.25, -0.2) is 9.59 Å². The first-order valence-electron chi connectivity index (χ1n) is 11.3. The Labute approximate surface area is 211 Å². The van der Waals surface area contributed by atoms with Crippen LogP contribution in [-0.2, 0) is 15.4 Å². The van der Waals surface area contributed by atoms with Crippen molar-refractivity contribution in [3.63, 3.8) is 0 Å². The third kappa shape index (κ3) is 5.27. The minimum atomic E-state index is -0.419. The zero-order valence-corrected chi connectivity index (χ0v) is 21.0. The summed E-state index contributed by atoms with van der Waals surface area (Å²) in [5.41, 5.74) is 3.46. The smallest absolute Gasteiger partial charge is 0.417 e. The molecule has 2 aliphatic rings. The van der Waals surface area contributed by atoms with Crippen LogP contribution in [0.4, 0.5) is 4.79 Å². The van der Waals surface area contributed by atoms with Gasteiger partial charge in [0.1, 0.15) is 6.61 Å². The molecule has 7 nitrogen and oxygen atoms in total. The van der Waals surface area contributed by atoms with Gasteiger partial charge < -0.3 is 14.1 Å². The second-order valence-electron chi connectivity index (χ2n) is 8.44. The van der Waals surface area contributed by atoms with E-state index >= 15 is 0 Å². The molecule has 2 aliphatic heterocycles. The van der Waals surface area contributed by atoms with Crippen molar-refractivity contribution in [2.75, 3.05) is 44.2 Å². The minimum Gasteiger partial charge on any atom is -0.445 e. The van der Waals surface area contributed by atoms with Gasteiger partial charge in [-0.3, -0.25) is 9.88 Å². The van der Waals surface area contributed by atoms with E-state index in [1.165, 1.54) is 5.56 Å². The van der Waals surface area contributed by atoms with E-state index in [0.717, 1.165) is 48.6 Å². The van der Waals surface area contributed by atoms with Gasteiger partial charge in [-0.1, -0.05) is 29.8 Å². The number of hydrogen-bond donors (Lipinski definition) is 1. The third-order valence-electron chi connectivity index (χ3n) is 6.28. The molecule has 2 aromatic carbocycles. The quantitative estimate of drug-likeness (QED) is 0.503. The molecule has 34 heavy (non-hydrogen) atoms. The molecule has 3 heterocycles. The highest BCUT2D eigenvalue weighted by atomic mass is 35.5. The van der Waals surface area contributed by atoms with Crippen LogP contribution in [0.25, 0.3) is 11.1 Å². The predicted octanol–water partition coefficient (Wildman–Crippen LogP) is 4.75. The maximum Gasteiger partial charge on any atom is 0.417 e. The van der Waals surface area contributed by atoms with Crippen molar-refractivity contribution in [1.82, 2.24) is 14.8 Å². The normalized spacial score (nSPS) is 18.4. The van der Waals surface area contributed by atoms with E-state index in [4.69, 9.17) is 20.8 Å². The van der Waals surface area contributed by atoms with Gasteiger partial charge in [-0.2, -0.15) is 0 Å². The molecule has 1 amide bonds. The average Bonchev–Trinajstić information content (AvgIpc) is 3.48. The number of carbonyl (C=O) groups excluding carboxylic acids is 1. The van der Waals surface area contributed by atoms with Crippen LogP contribution in [-0.4, -0.2) is 65.1 Å². The van der Waals surface area contributed by atoms with Crippen LogP contribution in [0.1, 0.15) is 17.5 Å². The Balaban J connectivity index is 1.14. The number of rotatable bonds is 6. The third-order valence-corrected chi connectivity index (χ3v) is 10.1. The second kappa shape index (κ2) is 10.3. The van der Waals surface area contributed by atoms with Gasteiger partial charge >= 0.3 is 11.8 Å². The SMILES string of the molecule is O=C(OCc1ccc(Cl)cc1)N1CCN(CCC2(c3ccc4[nH]c(=O)oc4c3)SCCS2)CC1. The number of H-pyrrole nitrogens is 1. The van der Waals surface area contributed by atoms with E-state index in [9.17, 15) is 9.59 Å². The molecule has 2 saturated heterocycles. The number of fused-ring (bicyclic) bond motifs is 1. The van der Waals surface area contributed by atoms with Crippen molar-refractivity contribution in [3.8, 4) is 0 Å². The van der Waals surface area contributed by atoms with E-state index in [1.54, 1.807) is 17.0 Å². The number of hydrogen-bond acceptors (Lipinski definition) is 7. The molecular formula is C24H26ClN3O4S2. The summed E-state index contributed by atoms with van der Waals surface area (Å²) in [4.78, 5) is 30.9. The number of aromatic nitrogens is 1. The highest BCUT2D eigenvalue weighted by molar-refractivity contribution is 8.20. The lowest BCUT2D eigenvalue weighted by Gasteiger charge is -2.36.